The van der Waals surface area contributed by atoms with Crippen molar-refractivity contribution in [2.24, 2.45) is 0 Å². The van der Waals surface area contributed by atoms with Crippen LogP contribution < -0.4 is 0 Å². The van der Waals surface area contributed by atoms with Gasteiger partial charge in [0.25, 0.3) is 5.95 Å². The smallest absolute Gasteiger partial charge is 0.284 e. The number of halogens is 2. The largest absolute Gasteiger partial charge is 0.481 e. The van der Waals surface area contributed by atoms with E-state index in [4.69, 9.17) is 4.74 Å². The van der Waals surface area contributed by atoms with Crippen LogP contribution in [0.3, 0.4) is 0 Å². The average molecular weight is 431 g/mol. The van der Waals surface area contributed by atoms with Crippen LogP contribution in [-0.4, -0.2) is 21.9 Å². The Hall–Kier alpha value is -0.351. The Morgan fingerprint density at radius 1 is 1.16 bits per heavy atom. The standard InChI is InChI=1S/C9H10Br2O2.C5H5.Fe/c10-5-8(6-11)13-9(12)7-3-1-2-4-7;1-2-4-5-3-1;/h1-4,8,12H,5-6H2;1-5H;/q;-1;. The van der Waals surface area contributed by atoms with Gasteiger partial charge >= 0.3 is 0 Å². The first-order chi connectivity index (χ1) is 8.77. The van der Waals surface area contributed by atoms with E-state index in [0.29, 0.717) is 16.2 Å². The van der Waals surface area contributed by atoms with Crippen LogP contribution in [0.2, 0.25) is 0 Å². The molecule has 0 spiro atoms. The summed E-state index contributed by atoms with van der Waals surface area (Å²) in [5, 5.41) is 10.9. The van der Waals surface area contributed by atoms with Crippen molar-refractivity contribution in [3.05, 3.63) is 66.2 Å². The normalized spacial score (nSPS) is 11.8. The Morgan fingerprint density at radius 3 is 2.05 bits per heavy atom. The number of aliphatic hydroxyl groups excluding tert-OH is 1. The maximum absolute atomic E-state index is 9.49. The van der Waals surface area contributed by atoms with Gasteiger partial charge < -0.3 is 9.84 Å². The first kappa shape index (κ1) is 18.6. The summed E-state index contributed by atoms with van der Waals surface area (Å²) in [7, 11) is 0. The third kappa shape index (κ3) is 7.73. The van der Waals surface area contributed by atoms with Crippen LogP contribution in [0, 0.1) is 0 Å². The Balaban J connectivity index is 0.000000454. The van der Waals surface area contributed by atoms with Crippen LogP contribution in [0.1, 0.15) is 0 Å². The van der Waals surface area contributed by atoms with Gasteiger partial charge in [-0.15, -0.1) is 0 Å². The zero-order valence-corrected chi connectivity index (χ0v) is 14.4. The molecule has 1 aromatic carbocycles. The molecule has 0 fully saturated rings. The first-order valence-electron chi connectivity index (χ1n) is 5.51. The number of ether oxygens (including phenoxy) is 1. The molecule has 0 saturated heterocycles. The molecule has 5 heteroatoms. The Bertz CT molecular complexity index is 376. The van der Waals surface area contributed by atoms with Gasteiger partial charge in [-0.05, 0) is 12.2 Å². The van der Waals surface area contributed by atoms with Gasteiger partial charge in [0.2, 0.25) is 0 Å². The zero-order valence-electron chi connectivity index (χ0n) is 10.2. The maximum Gasteiger partial charge on any atom is 0.284 e. The van der Waals surface area contributed by atoms with Gasteiger partial charge in [-0.2, -0.15) is 18.2 Å². The van der Waals surface area contributed by atoms with Gasteiger partial charge in [0, 0.05) is 27.7 Å². The van der Waals surface area contributed by atoms with Crippen LogP contribution in [0.4, 0.5) is 0 Å². The van der Waals surface area contributed by atoms with E-state index in [9.17, 15) is 5.11 Å². The molecule has 0 saturated carbocycles. The van der Waals surface area contributed by atoms with E-state index in [0.717, 1.165) is 0 Å². The first-order valence-corrected chi connectivity index (χ1v) is 7.75. The molecule has 1 N–H and O–H groups in total. The Kier molecular flexibility index (Phi) is 11.3. The van der Waals surface area contributed by atoms with E-state index >= 15 is 0 Å². The molecular weight excluding hydrogens is 416 g/mol. The van der Waals surface area contributed by atoms with Gasteiger partial charge in [-0.1, -0.05) is 44.0 Å². The molecule has 0 radical (unpaired) electrons. The van der Waals surface area contributed by atoms with Crippen molar-refractivity contribution in [1.29, 1.82) is 0 Å². The Labute approximate surface area is 141 Å². The van der Waals surface area contributed by atoms with Gasteiger partial charge in [0.05, 0.1) is 5.57 Å². The van der Waals surface area contributed by atoms with Crippen molar-refractivity contribution in [2.75, 3.05) is 10.7 Å². The van der Waals surface area contributed by atoms with E-state index in [1.807, 2.05) is 42.5 Å². The van der Waals surface area contributed by atoms with E-state index in [2.05, 4.69) is 31.9 Å². The summed E-state index contributed by atoms with van der Waals surface area (Å²) in [6, 6.07) is 10.0. The number of rotatable bonds is 4. The van der Waals surface area contributed by atoms with Crippen molar-refractivity contribution in [3.63, 3.8) is 0 Å². The van der Waals surface area contributed by atoms with Crippen LogP contribution in [0.25, 0.3) is 0 Å². The number of allylic oxidation sites excluding steroid dienone is 5. The fourth-order valence-corrected chi connectivity index (χ4v) is 2.50. The predicted octanol–water partition coefficient (Wildman–Crippen LogP) is 4.46. The third-order valence-corrected chi connectivity index (χ3v) is 3.53. The summed E-state index contributed by atoms with van der Waals surface area (Å²) in [6.45, 7) is 0. The summed E-state index contributed by atoms with van der Waals surface area (Å²) in [4.78, 5) is 0. The van der Waals surface area contributed by atoms with Crippen molar-refractivity contribution < 1.29 is 26.9 Å². The van der Waals surface area contributed by atoms with Gasteiger partial charge in [-0.3, -0.25) is 0 Å². The third-order valence-electron chi connectivity index (χ3n) is 2.09. The van der Waals surface area contributed by atoms with Crippen LogP contribution in [0.5, 0.6) is 0 Å². The second kappa shape index (κ2) is 11.5. The van der Waals surface area contributed by atoms with Crippen LogP contribution in [0.15, 0.2) is 66.2 Å². The second-order valence-electron chi connectivity index (χ2n) is 3.49. The van der Waals surface area contributed by atoms with Crippen molar-refractivity contribution in [3.8, 4) is 0 Å². The quantitative estimate of drug-likeness (QED) is 0.331. The minimum atomic E-state index is -0.0464. The van der Waals surface area contributed by atoms with E-state index in [1.165, 1.54) is 0 Å². The summed E-state index contributed by atoms with van der Waals surface area (Å²) in [6.07, 6.45) is 7.26. The molecule has 0 aliphatic heterocycles. The molecule has 0 aromatic heterocycles. The second-order valence-corrected chi connectivity index (χ2v) is 4.78. The summed E-state index contributed by atoms with van der Waals surface area (Å²) >= 11 is 6.58. The topological polar surface area (TPSA) is 29.5 Å². The molecule has 0 heterocycles. The van der Waals surface area contributed by atoms with E-state index in [-0.39, 0.29) is 29.1 Å². The maximum atomic E-state index is 9.49. The van der Waals surface area contributed by atoms with Crippen LogP contribution in [-0.2, 0) is 21.8 Å². The predicted molar refractivity (Wildman–Crippen MR) is 82.4 cm³/mol. The summed E-state index contributed by atoms with van der Waals surface area (Å²) in [5.74, 6) is -0.0195. The van der Waals surface area contributed by atoms with E-state index in [1.54, 1.807) is 12.2 Å². The Morgan fingerprint density at radius 2 is 1.68 bits per heavy atom. The molecular formula is C14H15Br2FeO2-. The zero-order chi connectivity index (χ0) is 13.2. The molecule has 2 rings (SSSR count). The number of alkyl halides is 2. The van der Waals surface area contributed by atoms with Gasteiger partial charge in [-0.25, -0.2) is 12.1 Å². The van der Waals surface area contributed by atoms with Crippen molar-refractivity contribution in [2.45, 2.75) is 6.10 Å². The van der Waals surface area contributed by atoms with Gasteiger partial charge in [0.1, 0.15) is 6.10 Å². The molecule has 0 atom stereocenters. The molecule has 0 bridgehead atoms. The summed E-state index contributed by atoms with van der Waals surface area (Å²) < 4.78 is 5.27. The minimum Gasteiger partial charge on any atom is -0.481 e. The fraction of sp³-hybridized carbons (Fsp3) is 0.214. The molecule has 106 valence electrons. The number of aliphatic hydroxyl groups is 1. The molecule has 1 aliphatic carbocycles. The monoisotopic (exact) mass is 429 g/mol. The minimum absolute atomic E-state index is 0. The molecule has 0 unspecified atom stereocenters. The number of hydrogen-bond acceptors (Lipinski definition) is 2. The molecule has 1 aromatic rings. The number of hydrogen-bond donors (Lipinski definition) is 1. The van der Waals surface area contributed by atoms with E-state index < -0.39 is 0 Å². The molecule has 1 aliphatic rings. The molecule has 0 amide bonds. The average Bonchev–Trinajstić information content (AvgIpc) is 3.09. The van der Waals surface area contributed by atoms with Crippen LogP contribution >= 0.6 is 31.9 Å². The van der Waals surface area contributed by atoms with Crippen molar-refractivity contribution >= 4 is 31.9 Å². The van der Waals surface area contributed by atoms with Gasteiger partial charge in [0.15, 0.2) is 0 Å². The fourth-order valence-electron chi connectivity index (χ4n) is 1.17. The molecule has 2 nitrogen and oxygen atoms in total. The molecule has 19 heavy (non-hydrogen) atoms. The summed E-state index contributed by atoms with van der Waals surface area (Å²) in [5.41, 5.74) is 0.715. The van der Waals surface area contributed by atoms with Crippen molar-refractivity contribution in [1.82, 2.24) is 0 Å². The SMILES string of the molecule is OC(OC(CBr)CBr)=C1C=CC=C1.[Fe].c1cc[cH-]c1.